The van der Waals surface area contributed by atoms with Crippen LogP contribution in [0.25, 0.3) is 5.76 Å². The number of carbonyl (C=O) groups is 2. The van der Waals surface area contributed by atoms with Gasteiger partial charge in [0, 0.05) is 12.0 Å². The molecule has 1 saturated heterocycles. The van der Waals surface area contributed by atoms with Crippen LogP contribution in [-0.4, -0.2) is 55.5 Å². The van der Waals surface area contributed by atoms with Crippen LogP contribution in [0, 0.1) is 0 Å². The molecule has 2 heterocycles. The van der Waals surface area contributed by atoms with Gasteiger partial charge < -0.3 is 29.1 Å². The normalized spacial score (nSPS) is 19.0. The fraction of sp³-hybridized carbons (Fsp3) is 0.371. The summed E-state index contributed by atoms with van der Waals surface area (Å²) in [6.07, 6.45) is 0.705. The van der Waals surface area contributed by atoms with E-state index in [1.165, 1.54) is 4.90 Å². The van der Waals surface area contributed by atoms with Crippen molar-refractivity contribution in [3.8, 4) is 17.2 Å². The van der Waals surface area contributed by atoms with Crippen molar-refractivity contribution in [1.82, 2.24) is 4.90 Å². The minimum atomic E-state index is -0.840. The van der Waals surface area contributed by atoms with Crippen LogP contribution in [0.1, 0.15) is 56.0 Å². The van der Waals surface area contributed by atoms with Crippen LogP contribution >= 0.6 is 0 Å². The molecule has 8 nitrogen and oxygen atoms in total. The summed E-state index contributed by atoms with van der Waals surface area (Å²) in [5, 5.41) is 14.1. The molecule has 0 saturated carbocycles. The number of likely N-dealkylation sites (N-methyl/N-ethyl adjacent to an activating group) is 1. The molecule has 2 aliphatic rings. The zero-order valence-electron chi connectivity index (χ0n) is 25.4. The quantitative estimate of drug-likeness (QED) is 0.200. The van der Waals surface area contributed by atoms with E-state index in [1.54, 1.807) is 35.2 Å². The highest BCUT2D eigenvalue weighted by Crippen LogP contribution is 2.42. The number of carbonyl (C=O) groups excluding carboxylic acids is 2. The van der Waals surface area contributed by atoms with E-state index in [9.17, 15) is 14.7 Å². The van der Waals surface area contributed by atoms with Crippen molar-refractivity contribution < 1.29 is 33.8 Å². The second kappa shape index (κ2) is 13.3. The van der Waals surface area contributed by atoms with Crippen LogP contribution in [0.3, 0.4) is 0 Å². The molecule has 0 aliphatic carbocycles. The lowest BCUT2D eigenvalue weighted by Crippen LogP contribution is -3.12. The van der Waals surface area contributed by atoms with Crippen molar-refractivity contribution in [3.05, 3.63) is 94.6 Å². The van der Waals surface area contributed by atoms with E-state index in [0.717, 1.165) is 30.0 Å². The summed E-state index contributed by atoms with van der Waals surface area (Å²) in [7, 11) is 0. The number of likely N-dealkylation sites (tertiary alicyclic amines) is 1. The van der Waals surface area contributed by atoms with Gasteiger partial charge in [-0.25, -0.2) is 0 Å². The minimum absolute atomic E-state index is 0.0214. The fourth-order valence-electron chi connectivity index (χ4n) is 5.87. The van der Waals surface area contributed by atoms with E-state index in [1.807, 2.05) is 50.2 Å². The van der Waals surface area contributed by atoms with Gasteiger partial charge in [0.15, 0.2) is 11.5 Å². The number of hydrogen-bond donors (Lipinski definition) is 1. The average Bonchev–Trinajstić information content (AvgIpc) is 3.52. The SMILES string of the molecule is CCOc1cc(C2/C(=C(\[O-])c3ccc4c(c3)CC(C)O4)C(=O)C(=O)N2CC[NH+](CC)CC)ccc1OCc1ccccc1. The number of amides is 1. The Morgan fingerprint density at radius 2 is 1.74 bits per heavy atom. The number of benzene rings is 3. The molecular weight excluding hydrogens is 544 g/mol. The van der Waals surface area contributed by atoms with Gasteiger partial charge in [0.25, 0.3) is 5.91 Å². The Balaban J connectivity index is 1.55. The summed E-state index contributed by atoms with van der Waals surface area (Å²) < 4.78 is 17.9. The first-order valence-corrected chi connectivity index (χ1v) is 15.2. The molecule has 3 aromatic carbocycles. The molecular formula is C35H40N2O6. The number of fused-ring (bicyclic) bond motifs is 1. The molecule has 2 unspecified atom stereocenters. The first kappa shape index (κ1) is 30.2. The molecule has 1 amide bonds. The second-order valence-corrected chi connectivity index (χ2v) is 11.0. The van der Waals surface area contributed by atoms with Crippen LogP contribution < -0.4 is 24.2 Å². The molecule has 0 radical (unpaired) electrons. The van der Waals surface area contributed by atoms with Crippen molar-refractivity contribution in [2.24, 2.45) is 0 Å². The summed E-state index contributed by atoms with van der Waals surface area (Å²) >= 11 is 0. The van der Waals surface area contributed by atoms with Crippen LogP contribution in [0.15, 0.2) is 72.3 Å². The molecule has 8 heteroatoms. The summed E-state index contributed by atoms with van der Waals surface area (Å²) in [6.45, 7) is 11.6. The third kappa shape index (κ3) is 6.39. The maximum atomic E-state index is 14.1. The minimum Gasteiger partial charge on any atom is -0.872 e. The highest BCUT2D eigenvalue weighted by atomic mass is 16.5. The molecule has 5 rings (SSSR count). The van der Waals surface area contributed by atoms with E-state index in [-0.39, 0.29) is 11.7 Å². The number of nitrogens with zero attached hydrogens (tertiary/aromatic N) is 1. The van der Waals surface area contributed by atoms with Crippen LogP contribution in [0.4, 0.5) is 0 Å². The molecule has 1 fully saturated rings. The third-order valence-electron chi connectivity index (χ3n) is 8.21. The molecule has 0 bridgehead atoms. The Hall–Kier alpha value is -4.30. The number of rotatable bonds is 12. The lowest BCUT2D eigenvalue weighted by atomic mass is 9.94. The third-order valence-corrected chi connectivity index (χ3v) is 8.21. The Labute approximate surface area is 253 Å². The van der Waals surface area contributed by atoms with E-state index in [0.29, 0.717) is 55.4 Å². The van der Waals surface area contributed by atoms with E-state index < -0.39 is 23.5 Å². The number of hydrogen-bond acceptors (Lipinski definition) is 6. The predicted molar refractivity (Wildman–Crippen MR) is 162 cm³/mol. The Kier molecular flexibility index (Phi) is 9.36. The summed E-state index contributed by atoms with van der Waals surface area (Å²) in [6, 6.07) is 19.6. The van der Waals surface area contributed by atoms with Crippen molar-refractivity contribution >= 4 is 17.4 Å². The van der Waals surface area contributed by atoms with Gasteiger partial charge in [0.2, 0.25) is 5.78 Å². The molecule has 3 aromatic rings. The van der Waals surface area contributed by atoms with Crippen LogP contribution in [-0.2, 0) is 22.6 Å². The van der Waals surface area contributed by atoms with Crippen LogP contribution in [0.2, 0.25) is 0 Å². The lowest BCUT2D eigenvalue weighted by Gasteiger charge is -2.29. The number of Topliss-reactive ketones (excluding diaryl/α,β-unsaturated/α-hetero) is 1. The summed E-state index contributed by atoms with van der Waals surface area (Å²) in [5.74, 6) is -0.0590. The number of quaternary nitrogens is 1. The average molecular weight is 585 g/mol. The molecule has 0 spiro atoms. The molecule has 1 N–H and O–H groups in total. The van der Waals surface area contributed by atoms with E-state index >= 15 is 0 Å². The first-order valence-electron chi connectivity index (χ1n) is 15.2. The molecule has 43 heavy (non-hydrogen) atoms. The van der Waals surface area contributed by atoms with Crippen molar-refractivity contribution in [3.63, 3.8) is 0 Å². The Morgan fingerprint density at radius 3 is 2.47 bits per heavy atom. The summed E-state index contributed by atoms with van der Waals surface area (Å²) in [5.41, 5.74) is 2.91. The van der Waals surface area contributed by atoms with Gasteiger partial charge in [-0.3, -0.25) is 9.59 Å². The van der Waals surface area contributed by atoms with Gasteiger partial charge in [0.05, 0.1) is 38.8 Å². The van der Waals surface area contributed by atoms with Gasteiger partial charge in [-0.15, -0.1) is 0 Å². The molecule has 2 aliphatic heterocycles. The van der Waals surface area contributed by atoms with Gasteiger partial charge in [-0.2, -0.15) is 0 Å². The van der Waals surface area contributed by atoms with Gasteiger partial charge >= 0.3 is 0 Å². The number of nitrogens with one attached hydrogen (secondary N) is 1. The number of ketones is 1. The maximum absolute atomic E-state index is 14.1. The Bertz CT molecular complexity index is 1500. The standard InChI is InChI=1S/C35H40N2O6/c1-5-36(6-2)17-18-37-32(25-13-16-29(30(21-25)41-7-3)42-22-24-11-9-8-10-12-24)31(34(39)35(37)40)33(38)26-14-15-28-27(20-26)19-23(4)43-28/h8-16,20-21,23,32,38H,5-7,17-19,22H2,1-4H3/b33-31+. The molecule has 2 atom stereocenters. The predicted octanol–water partition coefficient (Wildman–Crippen LogP) is 3.14. The lowest BCUT2D eigenvalue weighted by molar-refractivity contribution is -0.895. The zero-order valence-corrected chi connectivity index (χ0v) is 25.4. The zero-order chi connectivity index (χ0) is 30.5. The van der Waals surface area contributed by atoms with Crippen molar-refractivity contribution in [1.29, 1.82) is 0 Å². The van der Waals surface area contributed by atoms with E-state index in [4.69, 9.17) is 14.2 Å². The molecule has 0 aromatic heterocycles. The number of ether oxygens (including phenoxy) is 3. The van der Waals surface area contributed by atoms with Gasteiger partial charge in [0.1, 0.15) is 18.5 Å². The maximum Gasteiger partial charge on any atom is 0.295 e. The largest absolute Gasteiger partial charge is 0.872 e. The first-order chi connectivity index (χ1) is 20.8. The topological polar surface area (TPSA) is 92.6 Å². The van der Waals surface area contributed by atoms with Crippen molar-refractivity contribution in [2.45, 2.75) is 52.9 Å². The second-order valence-electron chi connectivity index (χ2n) is 11.0. The highest BCUT2D eigenvalue weighted by Gasteiger charge is 2.44. The van der Waals surface area contributed by atoms with Crippen LogP contribution in [0.5, 0.6) is 17.2 Å². The smallest absolute Gasteiger partial charge is 0.295 e. The Morgan fingerprint density at radius 1 is 0.977 bits per heavy atom. The highest BCUT2D eigenvalue weighted by molar-refractivity contribution is 6.46. The molecule has 226 valence electrons. The summed E-state index contributed by atoms with van der Waals surface area (Å²) in [4.78, 5) is 29.9. The fourth-order valence-corrected chi connectivity index (χ4v) is 5.87. The van der Waals surface area contributed by atoms with Gasteiger partial charge in [-0.05, 0) is 74.2 Å². The monoisotopic (exact) mass is 584 g/mol. The van der Waals surface area contributed by atoms with E-state index in [2.05, 4.69) is 13.8 Å². The van der Waals surface area contributed by atoms with Crippen molar-refractivity contribution in [2.75, 3.05) is 32.8 Å². The van der Waals surface area contributed by atoms with Gasteiger partial charge in [-0.1, -0.05) is 48.2 Å².